The molecule has 0 saturated heterocycles. The summed E-state index contributed by atoms with van der Waals surface area (Å²) in [6.45, 7) is 1.76. The number of amides is 2. The Morgan fingerprint density at radius 3 is 2.38 bits per heavy atom. The molecule has 2 amide bonds. The second kappa shape index (κ2) is 4.96. The van der Waals surface area contributed by atoms with Crippen molar-refractivity contribution in [1.82, 2.24) is 5.32 Å². The number of primary amides is 1. The molecule has 1 fully saturated rings. The lowest BCUT2D eigenvalue weighted by Gasteiger charge is -2.16. The predicted octanol–water partition coefficient (Wildman–Crippen LogP) is -0.523. The predicted molar refractivity (Wildman–Crippen MR) is 55.3 cm³/mol. The van der Waals surface area contributed by atoms with Crippen LogP contribution in [0.25, 0.3) is 0 Å². The summed E-state index contributed by atoms with van der Waals surface area (Å²) in [6, 6.07) is -1.22. The quantitative estimate of drug-likeness (QED) is 0.568. The fourth-order valence-electron chi connectivity index (χ4n) is 1.51. The molecule has 0 aliphatic heterocycles. The van der Waals surface area contributed by atoms with E-state index in [-0.39, 0.29) is 18.2 Å². The lowest BCUT2D eigenvalue weighted by atomic mass is 10.0. The molecule has 1 aliphatic rings. The van der Waals surface area contributed by atoms with E-state index in [1.165, 1.54) is 0 Å². The van der Waals surface area contributed by atoms with E-state index in [9.17, 15) is 14.4 Å². The number of nitrogens with two attached hydrogens (primary N) is 1. The molecule has 0 radical (unpaired) electrons. The first kappa shape index (κ1) is 12.5. The van der Waals surface area contributed by atoms with Gasteiger partial charge in [-0.3, -0.25) is 9.59 Å². The van der Waals surface area contributed by atoms with Crippen molar-refractivity contribution in [2.75, 3.05) is 0 Å². The maximum Gasteiger partial charge on any atom is 0.326 e. The Morgan fingerprint density at radius 1 is 1.44 bits per heavy atom. The number of hydrogen-bond donors (Lipinski definition) is 3. The molecule has 6 nitrogen and oxygen atoms in total. The van der Waals surface area contributed by atoms with Crippen LogP contribution in [0.5, 0.6) is 0 Å². The van der Waals surface area contributed by atoms with E-state index in [4.69, 9.17) is 10.8 Å². The van der Waals surface area contributed by atoms with Crippen molar-refractivity contribution in [3.63, 3.8) is 0 Å². The van der Waals surface area contributed by atoms with Gasteiger partial charge >= 0.3 is 5.97 Å². The summed E-state index contributed by atoms with van der Waals surface area (Å²) in [5.74, 6) is -2.16. The van der Waals surface area contributed by atoms with E-state index in [1.54, 1.807) is 6.92 Å². The molecule has 90 valence electrons. The van der Waals surface area contributed by atoms with Gasteiger partial charge in [0.2, 0.25) is 11.8 Å². The first-order valence-electron chi connectivity index (χ1n) is 5.23. The van der Waals surface area contributed by atoms with Crippen LogP contribution in [-0.4, -0.2) is 28.9 Å². The fourth-order valence-corrected chi connectivity index (χ4v) is 1.51. The molecule has 1 saturated carbocycles. The molecular weight excluding hydrogens is 212 g/mol. The summed E-state index contributed by atoms with van der Waals surface area (Å²) in [7, 11) is 0. The molecule has 0 bridgehead atoms. The summed E-state index contributed by atoms with van der Waals surface area (Å²) < 4.78 is 0. The molecule has 0 aromatic heterocycles. The SMILES string of the molecule is CC(C(=O)N[C@H](CC(N)=O)C(=O)O)C1CC1. The zero-order valence-electron chi connectivity index (χ0n) is 9.10. The van der Waals surface area contributed by atoms with Crippen molar-refractivity contribution in [2.45, 2.75) is 32.2 Å². The van der Waals surface area contributed by atoms with E-state index < -0.39 is 17.9 Å². The molecule has 0 aromatic rings. The molecule has 4 N–H and O–H groups in total. The molecule has 0 spiro atoms. The highest BCUT2D eigenvalue weighted by Gasteiger charge is 2.34. The Bertz CT molecular complexity index is 312. The maximum atomic E-state index is 11.6. The Kier molecular flexibility index (Phi) is 3.87. The minimum atomic E-state index is -1.24. The van der Waals surface area contributed by atoms with Crippen LogP contribution in [0.15, 0.2) is 0 Å². The lowest BCUT2D eigenvalue weighted by molar-refractivity contribution is -0.144. The maximum absolute atomic E-state index is 11.6. The van der Waals surface area contributed by atoms with E-state index in [1.807, 2.05) is 0 Å². The van der Waals surface area contributed by atoms with Gasteiger partial charge in [0.1, 0.15) is 6.04 Å². The third kappa shape index (κ3) is 3.52. The fraction of sp³-hybridized carbons (Fsp3) is 0.700. The summed E-state index contributed by atoms with van der Waals surface area (Å²) in [5.41, 5.74) is 4.90. The highest BCUT2D eigenvalue weighted by molar-refractivity contribution is 5.88. The first-order valence-corrected chi connectivity index (χ1v) is 5.23. The zero-order chi connectivity index (χ0) is 12.3. The molecule has 1 rings (SSSR count). The standard InChI is InChI=1S/C10H16N2O4/c1-5(6-2-3-6)9(14)12-7(10(15)16)4-8(11)13/h5-7H,2-4H2,1H3,(H2,11,13)(H,12,14)(H,15,16)/t5?,7-/m1/s1. The van der Waals surface area contributed by atoms with Crippen LogP contribution >= 0.6 is 0 Å². The van der Waals surface area contributed by atoms with E-state index >= 15 is 0 Å². The number of carbonyl (C=O) groups excluding carboxylic acids is 2. The van der Waals surface area contributed by atoms with E-state index in [2.05, 4.69) is 5.32 Å². The van der Waals surface area contributed by atoms with Gasteiger partial charge < -0.3 is 16.2 Å². The van der Waals surface area contributed by atoms with E-state index in [0.717, 1.165) is 12.8 Å². The molecule has 16 heavy (non-hydrogen) atoms. The zero-order valence-corrected chi connectivity index (χ0v) is 9.10. The second-order valence-corrected chi connectivity index (χ2v) is 4.20. The molecule has 1 unspecified atom stereocenters. The molecular formula is C10H16N2O4. The van der Waals surface area contributed by atoms with Crippen LogP contribution in [0, 0.1) is 11.8 Å². The van der Waals surface area contributed by atoms with Crippen LogP contribution in [-0.2, 0) is 14.4 Å². The van der Waals surface area contributed by atoms with E-state index in [0.29, 0.717) is 5.92 Å². The van der Waals surface area contributed by atoms with Gasteiger partial charge in [0.25, 0.3) is 0 Å². The number of carboxylic acid groups (broad SMARTS) is 1. The third-order valence-corrected chi connectivity index (χ3v) is 2.76. The minimum Gasteiger partial charge on any atom is -0.480 e. The van der Waals surface area contributed by atoms with Gasteiger partial charge in [0, 0.05) is 5.92 Å². The number of rotatable bonds is 6. The van der Waals surface area contributed by atoms with Crippen LogP contribution < -0.4 is 11.1 Å². The van der Waals surface area contributed by atoms with Gasteiger partial charge in [-0.05, 0) is 18.8 Å². The Hall–Kier alpha value is -1.59. The summed E-state index contributed by atoms with van der Waals surface area (Å²) in [4.78, 5) is 33.0. The average Bonchev–Trinajstić information content (AvgIpc) is 2.97. The summed E-state index contributed by atoms with van der Waals surface area (Å²) in [6.07, 6.45) is 1.63. The Morgan fingerprint density at radius 2 is 2.00 bits per heavy atom. The van der Waals surface area contributed by atoms with Crippen molar-refractivity contribution in [3.8, 4) is 0 Å². The van der Waals surface area contributed by atoms with Gasteiger partial charge in [-0.2, -0.15) is 0 Å². The summed E-state index contributed by atoms with van der Waals surface area (Å²) >= 11 is 0. The van der Waals surface area contributed by atoms with Crippen LogP contribution in [0.1, 0.15) is 26.2 Å². The molecule has 0 aromatic carbocycles. The molecule has 1 aliphatic carbocycles. The number of nitrogens with one attached hydrogen (secondary N) is 1. The number of hydrogen-bond acceptors (Lipinski definition) is 3. The third-order valence-electron chi connectivity index (χ3n) is 2.76. The number of aliphatic carboxylic acids is 1. The van der Waals surface area contributed by atoms with Crippen LogP contribution in [0.4, 0.5) is 0 Å². The smallest absolute Gasteiger partial charge is 0.326 e. The van der Waals surface area contributed by atoms with Gasteiger partial charge in [0.05, 0.1) is 6.42 Å². The van der Waals surface area contributed by atoms with Crippen molar-refractivity contribution >= 4 is 17.8 Å². The second-order valence-electron chi connectivity index (χ2n) is 4.20. The largest absolute Gasteiger partial charge is 0.480 e. The molecule has 2 atom stereocenters. The van der Waals surface area contributed by atoms with Crippen molar-refractivity contribution in [1.29, 1.82) is 0 Å². The van der Waals surface area contributed by atoms with Crippen LogP contribution in [0.2, 0.25) is 0 Å². The Balaban J connectivity index is 2.49. The normalized spacial score (nSPS) is 18.6. The molecule has 0 heterocycles. The lowest BCUT2D eigenvalue weighted by Crippen LogP contribution is -2.45. The Labute approximate surface area is 93.2 Å². The van der Waals surface area contributed by atoms with Gasteiger partial charge in [-0.1, -0.05) is 6.92 Å². The monoisotopic (exact) mass is 228 g/mol. The number of carbonyl (C=O) groups is 3. The minimum absolute atomic E-state index is 0.199. The highest BCUT2D eigenvalue weighted by Crippen LogP contribution is 2.36. The van der Waals surface area contributed by atoms with Gasteiger partial charge in [-0.15, -0.1) is 0 Å². The van der Waals surface area contributed by atoms with Crippen LogP contribution in [0.3, 0.4) is 0 Å². The van der Waals surface area contributed by atoms with Gasteiger partial charge in [0.15, 0.2) is 0 Å². The molecule has 6 heteroatoms. The highest BCUT2D eigenvalue weighted by atomic mass is 16.4. The number of carboxylic acids is 1. The van der Waals surface area contributed by atoms with Crippen molar-refractivity contribution in [3.05, 3.63) is 0 Å². The van der Waals surface area contributed by atoms with Gasteiger partial charge in [-0.25, -0.2) is 4.79 Å². The van der Waals surface area contributed by atoms with Crippen molar-refractivity contribution in [2.24, 2.45) is 17.6 Å². The first-order chi connectivity index (χ1) is 7.41. The van der Waals surface area contributed by atoms with Crippen molar-refractivity contribution < 1.29 is 19.5 Å². The average molecular weight is 228 g/mol. The topological polar surface area (TPSA) is 109 Å². The summed E-state index contributed by atoms with van der Waals surface area (Å²) in [5, 5.41) is 11.1.